The van der Waals surface area contributed by atoms with Gasteiger partial charge in [-0.2, -0.15) is 0 Å². The zero-order valence-corrected chi connectivity index (χ0v) is 10.2. The van der Waals surface area contributed by atoms with E-state index in [4.69, 9.17) is 10.5 Å². The Balaban J connectivity index is 2.53. The summed E-state index contributed by atoms with van der Waals surface area (Å²) in [6, 6.07) is 15.3. The van der Waals surface area contributed by atoms with Crippen molar-refractivity contribution in [1.29, 1.82) is 0 Å². The van der Waals surface area contributed by atoms with Gasteiger partial charge in [-0.3, -0.25) is 0 Å². The van der Waals surface area contributed by atoms with Crippen molar-refractivity contribution in [1.82, 2.24) is 0 Å². The largest absolute Gasteiger partial charge is 0.465 e. The summed E-state index contributed by atoms with van der Waals surface area (Å²) in [5.41, 5.74) is 9.29. The van der Waals surface area contributed by atoms with E-state index in [0.29, 0.717) is 12.1 Å². The van der Waals surface area contributed by atoms with E-state index in [-0.39, 0.29) is 5.97 Å². The molecule has 0 bridgehead atoms. The molecule has 0 spiro atoms. The second-order valence-corrected chi connectivity index (χ2v) is 3.93. The van der Waals surface area contributed by atoms with Gasteiger partial charge in [-0.1, -0.05) is 36.4 Å². The first kappa shape index (κ1) is 12.3. The molecular weight excluding hydrogens is 226 g/mol. The number of carbonyl (C=O) groups is 1. The van der Waals surface area contributed by atoms with Crippen LogP contribution in [0.5, 0.6) is 0 Å². The maximum Gasteiger partial charge on any atom is 0.337 e. The quantitative estimate of drug-likeness (QED) is 0.840. The summed E-state index contributed by atoms with van der Waals surface area (Å²) in [6.07, 6.45) is 0. The van der Waals surface area contributed by atoms with Gasteiger partial charge in [-0.25, -0.2) is 4.79 Å². The first-order valence-corrected chi connectivity index (χ1v) is 5.73. The molecule has 2 rings (SSSR count). The van der Waals surface area contributed by atoms with Crippen LogP contribution in [-0.2, 0) is 11.3 Å². The Bertz CT molecular complexity index is 550. The number of carbonyl (C=O) groups excluding carboxylic acids is 1. The number of ether oxygens (including phenoxy) is 1. The number of esters is 1. The standard InChI is InChI=1S/C15H15NO2/c1-18-15(17)12-7-8-13(10-16)14(9-12)11-5-3-2-4-6-11/h2-9H,10,16H2,1H3. The molecule has 0 saturated carbocycles. The van der Waals surface area contributed by atoms with Crippen LogP contribution in [0, 0.1) is 0 Å². The third-order valence-electron chi connectivity index (χ3n) is 2.84. The molecule has 0 unspecified atom stereocenters. The summed E-state index contributed by atoms with van der Waals surface area (Å²) < 4.78 is 4.73. The van der Waals surface area contributed by atoms with Gasteiger partial charge >= 0.3 is 5.97 Å². The Kier molecular flexibility index (Phi) is 3.75. The van der Waals surface area contributed by atoms with E-state index in [2.05, 4.69) is 0 Å². The fraction of sp³-hybridized carbons (Fsp3) is 0.133. The van der Waals surface area contributed by atoms with Gasteiger partial charge in [0.05, 0.1) is 12.7 Å². The fourth-order valence-electron chi connectivity index (χ4n) is 1.89. The number of hydrogen-bond acceptors (Lipinski definition) is 3. The number of nitrogens with two attached hydrogens (primary N) is 1. The molecule has 2 aromatic carbocycles. The highest BCUT2D eigenvalue weighted by Crippen LogP contribution is 2.25. The van der Waals surface area contributed by atoms with Crippen LogP contribution in [0.15, 0.2) is 48.5 Å². The lowest BCUT2D eigenvalue weighted by atomic mass is 9.97. The summed E-state index contributed by atoms with van der Waals surface area (Å²) in [7, 11) is 1.38. The second kappa shape index (κ2) is 5.47. The summed E-state index contributed by atoms with van der Waals surface area (Å²) >= 11 is 0. The van der Waals surface area contributed by atoms with Gasteiger partial charge in [0.2, 0.25) is 0 Å². The van der Waals surface area contributed by atoms with Crippen molar-refractivity contribution in [3.05, 3.63) is 59.7 Å². The molecule has 0 fully saturated rings. The average Bonchev–Trinajstić information content (AvgIpc) is 2.46. The van der Waals surface area contributed by atoms with Crippen molar-refractivity contribution in [3.63, 3.8) is 0 Å². The van der Waals surface area contributed by atoms with Crippen LogP contribution in [0.2, 0.25) is 0 Å². The highest BCUT2D eigenvalue weighted by molar-refractivity contribution is 5.91. The van der Waals surface area contributed by atoms with Gasteiger partial charge in [0.1, 0.15) is 0 Å². The van der Waals surface area contributed by atoms with Crippen molar-refractivity contribution in [2.24, 2.45) is 5.73 Å². The summed E-state index contributed by atoms with van der Waals surface area (Å²) in [5, 5.41) is 0. The van der Waals surface area contributed by atoms with Crippen LogP contribution in [-0.4, -0.2) is 13.1 Å². The molecule has 0 aliphatic rings. The van der Waals surface area contributed by atoms with Crippen LogP contribution in [0.4, 0.5) is 0 Å². The minimum atomic E-state index is -0.337. The second-order valence-electron chi connectivity index (χ2n) is 3.93. The molecule has 2 N–H and O–H groups in total. The van der Waals surface area contributed by atoms with Gasteiger partial charge in [-0.15, -0.1) is 0 Å². The van der Waals surface area contributed by atoms with Crippen molar-refractivity contribution >= 4 is 5.97 Å². The Morgan fingerprint density at radius 1 is 1.17 bits per heavy atom. The van der Waals surface area contributed by atoms with Crippen molar-refractivity contribution < 1.29 is 9.53 Å². The SMILES string of the molecule is COC(=O)c1ccc(CN)c(-c2ccccc2)c1. The Morgan fingerprint density at radius 2 is 1.89 bits per heavy atom. The number of hydrogen-bond donors (Lipinski definition) is 1. The topological polar surface area (TPSA) is 52.3 Å². The van der Waals surface area contributed by atoms with Crippen molar-refractivity contribution in [3.8, 4) is 11.1 Å². The van der Waals surface area contributed by atoms with Crippen LogP contribution in [0.25, 0.3) is 11.1 Å². The van der Waals surface area contributed by atoms with E-state index < -0.39 is 0 Å². The third kappa shape index (κ3) is 2.41. The maximum atomic E-state index is 11.5. The molecule has 92 valence electrons. The molecule has 0 radical (unpaired) electrons. The Morgan fingerprint density at radius 3 is 2.50 bits per heavy atom. The Labute approximate surface area is 106 Å². The smallest absolute Gasteiger partial charge is 0.337 e. The van der Waals surface area contributed by atoms with Gasteiger partial charge in [0, 0.05) is 6.54 Å². The van der Waals surface area contributed by atoms with E-state index in [9.17, 15) is 4.79 Å². The molecule has 0 amide bonds. The molecule has 0 aliphatic carbocycles. The van der Waals surface area contributed by atoms with E-state index in [1.165, 1.54) is 7.11 Å². The first-order valence-electron chi connectivity index (χ1n) is 5.73. The zero-order valence-electron chi connectivity index (χ0n) is 10.2. The van der Waals surface area contributed by atoms with E-state index in [1.807, 2.05) is 42.5 Å². The number of methoxy groups -OCH3 is 1. The molecule has 3 heteroatoms. The fourth-order valence-corrected chi connectivity index (χ4v) is 1.89. The van der Waals surface area contributed by atoms with E-state index in [0.717, 1.165) is 16.7 Å². The maximum absolute atomic E-state index is 11.5. The minimum absolute atomic E-state index is 0.337. The Hall–Kier alpha value is -2.13. The molecule has 0 aliphatic heterocycles. The summed E-state index contributed by atoms with van der Waals surface area (Å²) in [4.78, 5) is 11.5. The molecule has 0 atom stereocenters. The van der Waals surface area contributed by atoms with Crippen LogP contribution in [0.3, 0.4) is 0 Å². The van der Waals surface area contributed by atoms with Crippen molar-refractivity contribution in [2.75, 3.05) is 7.11 Å². The predicted octanol–water partition coefficient (Wildman–Crippen LogP) is 2.60. The van der Waals surface area contributed by atoms with Crippen LogP contribution in [0.1, 0.15) is 15.9 Å². The third-order valence-corrected chi connectivity index (χ3v) is 2.84. The van der Waals surface area contributed by atoms with Gasteiger partial charge in [0.25, 0.3) is 0 Å². The molecule has 3 nitrogen and oxygen atoms in total. The lowest BCUT2D eigenvalue weighted by molar-refractivity contribution is 0.0601. The average molecular weight is 241 g/mol. The lowest BCUT2D eigenvalue weighted by Crippen LogP contribution is -2.04. The highest BCUT2D eigenvalue weighted by atomic mass is 16.5. The monoisotopic (exact) mass is 241 g/mol. The normalized spacial score (nSPS) is 10.1. The first-order chi connectivity index (χ1) is 8.76. The number of rotatable bonds is 3. The van der Waals surface area contributed by atoms with Crippen LogP contribution >= 0.6 is 0 Å². The van der Waals surface area contributed by atoms with E-state index in [1.54, 1.807) is 6.07 Å². The van der Waals surface area contributed by atoms with Crippen LogP contribution < -0.4 is 5.73 Å². The van der Waals surface area contributed by atoms with Gasteiger partial charge in [-0.05, 0) is 28.8 Å². The molecule has 2 aromatic rings. The summed E-state index contributed by atoms with van der Waals surface area (Å²) in [6.45, 7) is 0.436. The van der Waals surface area contributed by atoms with E-state index >= 15 is 0 Å². The molecule has 0 aromatic heterocycles. The molecule has 0 heterocycles. The highest BCUT2D eigenvalue weighted by Gasteiger charge is 2.10. The minimum Gasteiger partial charge on any atom is -0.465 e. The summed E-state index contributed by atoms with van der Waals surface area (Å²) in [5.74, 6) is -0.337. The molecular formula is C15H15NO2. The predicted molar refractivity (Wildman–Crippen MR) is 71.1 cm³/mol. The van der Waals surface area contributed by atoms with Gasteiger partial charge < -0.3 is 10.5 Å². The number of benzene rings is 2. The lowest BCUT2D eigenvalue weighted by Gasteiger charge is -2.10. The zero-order chi connectivity index (χ0) is 13.0. The van der Waals surface area contributed by atoms with Crippen molar-refractivity contribution in [2.45, 2.75) is 6.54 Å². The van der Waals surface area contributed by atoms with Gasteiger partial charge in [0.15, 0.2) is 0 Å². The molecule has 0 saturated heterocycles. The molecule has 18 heavy (non-hydrogen) atoms.